The van der Waals surface area contributed by atoms with Crippen molar-refractivity contribution in [3.8, 4) is 0 Å². The summed E-state index contributed by atoms with van der Waals surface area (Å²) in [5.41, 5.74) is -8.39. The minimum atomic E-state index is -5.95. The summed E-state index contributed by atoms with van der Waals surface area (Å²) in [6.07, 6.45) is -16.2. The lowest BCUT2D eigenvalue weighted by molar-refractivity contribution is -0.374. The van der Waals surface area contributed by atoms with Gasteiger partial charge in [0.15, 0.2) is 0 Å². The summed E-state index contributed by atoms with van der Waals surface area (Å²) in [7, 11) is 0. The number of carbonyl (C=O) groups is 2. The van der Waals surface area contributed by atoms with Crippen LogP contribution in [0.1, 0.15) is 60.3 Å². The topological polar surface area (TPSA) is 61.8 Å². The van der Waals surface area contributed by atoms with Crippen LogP contribution in [0.3, 0.4) is 0 Å². The van der Waals surface area contributed by atoms with E-state index in [2.05, 4.69) is 9.47 Å². The van der Waals surface area contributed by atoms with E-state index in [1.165, 1.54) is 20.8 Å². The molecule has 2 aliphatic rings. The molecular formula is C20H27F7O5. The van der Waals surface area contributed by atoms with Crippen molar-refractivity contribution in [1.82, 2.24) is 0 Å². The maximum absolute atomic E-state index is 13.8. The summed E-state index contributed by atoms with van der Waals surface area (Å²) in [6.45, 7) is 5.79. The minimum absolute atomic E-state index is 0.00931. The molecule has 0 aromatic rings. The molecule has 2 aliphatic carbocycles. The Morgan fingerprint density at radius 2 is 1.31 bits per heavy atom. The van der Waals surface area contributed by atoms with Gasteiger partial charge in [0.25, 0.3) is 0 Å². The fraction of sp³-hybridized carbons (Fsp3) is 0.900. The highest BCUT2D eigenvalue weighted by molar-refractivity contribution is 5.78. The molecule has 2 saturated carbocycles. The number of fused-ring (bicyclic) bond motifs is 2. The molecule has 5 nitrogen and oxygen atoms in total. The molecule has 0 aliphatic heterocycles. The molecule has 12 heteroatoms. The molecule has 32 heavy (non-hydrogen) atoms. The molecule has 4 atom stereocenters. The molecule has 2 bridgehead atoms. The first-order valence-corrected chi connectivity index (χ1v) is 10.1. The predicted molar refractivity (Wildman–Crippen MR) is 96.2 cm³/mol. The summed E-state index contributed by atoms with van der Waals surface area (Å²) < 4.78 is 110. The zero-order valence-electron chi connectivity index (χ0n) is 18.3. The average molecular weight is 480 g/mol. The van der Waals surface area contributed by atoms with Gasteiger partial charge in [-0.25, -0.2) is 14.0 Å². The Labute approximate surface area is 180 Å². The predicted octanol–water partition coefficient (Wildman–Crippen LogP) is 5.90. The SMILES string of the molecule is CC(C)(C)OC(=O)OC(CC1CC2CC1CC2OC(=O)C(C)(C)F)(C(F)(F)F)C(F)(F)F. The van der Waals surface area contributed by atoms with Crippen molar-refractivity contribution >= 4 is 12.1 Å². The van der Waals surface area contributed by atoms with E-state index in [0.29, 0.717) is 0 Å². The third kappa shape index (κ3) is 5.59. The molecule has 0 spiro atoms. The summed E-state index contributed by atoms with van der Waals surface area (Å²) >= 11 is 0. The maximum Gasteiger partial charge on any atom is 0.510 e. The molecule has 186 valence electrons. The second kappa shape index (κ2) is 8.23. The lowest BCUT2D eigenvalue weighted by Gasteiger charge is -2.40. The largest absolute Gasteiger partial charge is 0.510 e. The lowest BCUT2D eigenvalue weighted by atomic mass is 9.78. The van der Waals surface area contributed by atoms with Gasteiger partial charge in [0.1, 0.15) is 11.7 Å². The van der Waals surface area contributed by atoms with Crippen molar-refractivity contribution in [2.24, 2.45) is 17.8 Å². The van der Waals surface area contributed by atoms with Crippen LogP contribution in [-0.4, -0.2) is 47.5 Å². The molecule has 0 radical (unpaired) electrons. The van der Waals surface area contributed by atoms with Crippen molar-refractivity contribution in [1.29, 1.82) is 0 Å². The summed E-state index contributed by atoms with van der Waals surface area (Å²) in [6, 6.07) is 0. The number of hydrogen-bond acceptors (Lipinski definition) is 5. The zero-order valence-corrected chi connectivity index (χ0v) is 18.3. The quantitative estimate of drug-likeness (QED) is 0.362. The third-order valence-corrected chi connectivity index (χ3v) is 5.79. The van der Waals surface area contributed by atoms with Crippen LogP contribution in [0.25, 0.3) is 0 Å². The van der Waals surface area contributed by atoms with Crippen molar-refractivity contribution in [2.45, 2.75) is 95.6 Å². The Morgan fingerprint density at radius 1 is 0.781 bits per heavy atom. The van der Waals surface area contributed by atoms with Gasteiger partial charge in [-0.2, -0.15) is 26.3 Å². The van der Waals surface area contributed by atoms with Gasteiger partial charge in [-0.15, -0.1) is 0 Å². The summed E-state index contributed by atoms with van der Waals surface area (Å²) in [5.74, 6) is -3.37. The lowest BCUT2D eigenvalue weighted by Crippen LogP contribution is -2.61. The molecule has 0 heterocycles. The van der Waals surface area contributed by atoms with Gasteiger partial charge >= 0.3 is 30.1 Å². The number of esters is 1. The number of hydrogen-bond donors (Lipinski definition) is 0. The van der Waals surface area contributed by atoms with E-state index in [9.17, 15) is 40.3 Å². The van der Waals surface area contributed by atoms with Gasteiger partial charge in [0.2, 0.25) is 5.67 Å². The molecule has 0 amide bonds. The fourth-order valence-corrected chi connectivity index (χ4v) is 4.35. The molecule has 4 unspecified atom stereocenters. The molecule has 0 saturated heterocycles. The van der Waals surface area contributed by atoms with E-state index in [-0.39, 0.29) is 19.3 Å². The van der Waals surface area contributed by atoms with Crippen LogP contribution in [0.5, 0.6) is 0 Å². The maximum atomic E-state index is 13.8. The van der Waals surface area contributed by atoms with Crippen LogP contribution < -0.4 is 0 Å². The number of halogens is 7. The zero-order chi connectivity index (χ0) is 24.9. The number of carbonyl (C=O) groups excluding carboxylic acids is 2. The van der Waals surface area contributed by atoms with Crippen molar-refractivity contribution in [3.05, 3.63) is 0 Å². The van der Waals surface area contributed by atoms with Crippen molar-refractivity contribution < 1.29 is 54.5 Å². The van der Waals surface area contributed by atoms with Gasteiger partial charge in [0.05, 0.1) is 0 Å². The van der Waals surface area contributed by atoms with E-state index >= 15 is 0 Å². The van der Waals surface area contributed by atoms with E-state index in [1.54, 1.807) is 0 Å². The molecule has 2 rings (SSSR count). The Bertz CT molecular complexity index is 704. The monoisotopic (exact) mass is 480 g/mol. The second-order valence-electron chi connectivity index (χ2n) is 10.00. The summed E-state index contributed by atoms with van der Waals surface area (Å²) in [4.78, 5) is 23.6. The van der Waals surface area contributed by atoms with Gasteiger partial charge < -0.3 is 14.2 Å². The second-order valence-corrected chi connectivity index (χ2v) is 10.00. The van der Waals surface area contributed by atoms with Crippen LogP contribution in [-0.2, 0) is 19.0 Å². The van der Waals surface area contributed by atoms with Gasteiger partial charge in [0, 0.05) is 6.42 Å². The molecule has 0 aromatic carbocycles. The molecule has 0 N–H and O–H groups in total. The number of ether oxygens (including phenoxy) is 3. The minimum Gasteiger partial charge on any atom is -0.460 e. The van der Waals surface area contributed by atoms with Crippen molar-refractivity contribution in [3.63, 3.8) is 0 Å². The molecule has 2 fully saturated rings. The average Bonchev–Trinajstić information content (AvgIpc) is 3.08. The summed E-state index contributed by atoms with van der Waals surface area (Å²) in [5, 5.41) is 0. The standard InChI is InChI=1S/C20H27F7O5/c1-16(2,3)31-15(29)32-18(19(22,23)24,20(25,26)27)9-12-7-11-6-10(12)8-13(11)30-14(28)17(4,5)21/h10-13H,6-9H2,1-5H3. The highest BCUT2D eigenvalue weighted by Crippen LogP contribution is 2.57. The number of alkyl halides is 7. The van der Waals surface area contributed by atoms with Gasteiger partial charge in [-0.1, -0.05) is 0 Å². The molecular weight excluding hydrogens is 453 g/mol. The highest BCUT2D eigenvalue weighted by Gasteiger charge is 2.75. The van der Waals surface area contributed by atoms with E-state index < -0.39 is 71.6 Å². The highest BCUT2D eigenvalue weighted by atomic mass is 19.4. The number of rotatable bonds is 5. The Kier molecular flexibility index (Phi) is 6.82. The van der Waals surface area contributed by atoms with E-state index in [1.807, 2.05) is 0 Å². The van der Waals surface area contributed by atoms with Crippen LogP contribution >= 0.6 is 0 Å². The van der Waals surface area contributed by atoms with Gasteiger partial charge in [-0.3, -0.25) is 0 Å². The first-order chi connectivity index (χ1) is 14.2. The third-order valence-electron chi connectivity index (χ3n) is 5.79. The van der Waals surface area contributed by atoms with E-state index in [4.69, 9.17) is 4.74 Å². The normalized spacial score (nSPS) is 26.8. The van der Waals surface area contributed by atoms with Crippen LogP contribution in [0.15, 0.2) is 0 Å². The first-order valence-electron chi connectivity index (χ1n) is 10.1. The molecule has 0 aromatic heterocycles. The van der Waals surface area contributed by atoms with Crippen molar-refractivity contribution in [2.75, 3.05) is 0 Å². The van der Waals surface area contributed by atoms with E-state index in [0.717, 1.165) is 13.8 Å². The first kappa shape index (κ1) is 26.5. The Hall–Kier alpha value is -1.75. The van der Waals surface area contributed by atoms with Crippen LogP contribution in [0.4, 0.5) is 35.5 Å². The Balaban J connectivity index is 2.22. The van der Waals surface area contributed by atoms with Crippen LogP contribution in [0, 0.1) is 17.8 Å². The smallest absolute Gasteiger partial charge is 0.460 e. The van der Waals surface area contributed by atoms with Gasteiger partial charge in [-0.05, 0) is 71.6 Å². The van der Waals surface area contributed by atoms with Crippen LogP contribution in [0.2, 0.25) is 0 Å². The fourth-order valence-electron chi connectivity index (χ4n) is 4.35. The Morgan fingerprint density at radius 3 is 1.69 bits per heavy atom.